The molecule has 21 heavy (non-hydrogen) atoms. The first-order valence-corrected chi connectivity index (χ1v) is 7.74. The number of amides is 1. The van der Waals surface area contributed by atoms with Gasteiger partial charge in [-0.1, -0.05) is 0 Å². The second kappa shape index (κ2) is 4.24. The number of nitrogens with one attached hydrogen (secondary N) is 2. The van der Waals surface area contributed by atoms with Gasteiger partial charge in [0.1, 0.15) is 12.3 Å². The van der Waals surface area contributed by atoms with Crippen molar-refractivity contribution in [2.24, 2.45) is 0 Å². The van der Waals surface area contributed by atoms with Crippen LogP contribution in [0.4, 0.5) is 5.69 Å². The van der Waals surface area contributed by atoms with Crippen LogP contribution < -0.4 is 15.0 Å². The van der Waals surface area contributed by atoms with Gasteiger partial charge in [-0.3, -0.25) is 9.89 Å². The number of nitrogens with zero attached hydrogens (tertiary/aromatic N) is 2. The highest BCUT2D eigenvalue weighted by atomic mass is 32.1. The van der Waals surface area contributed by atoms with E-state index in [9.17, 15) is 4.79 Å². The number of H-pyrrole nitrogens is 1. The lowest BCUT2D eigenvalue weighted by atomic mass is 10.1. The average Bonchev–Trinajstić information content (AvgIpc) is 3.03. The molecule has 7 heteroatoms. The zero-order valence-corrected chi connectivity index (χ0v) is 12.7. The molecule has 0 saturated carbocycles. The Balaban J connectivity index is 1.94. The highest BCUT2D eigenvalue weighted by Gasteiger charge is 2.40. The molecule has 2 aromatic heterocycles. The normalized spacial score (nSPS) is 19.5. The molecule has 6 nitrogen and oxygen atoms in total. The van der Waals surface area contributed by atoms with Crippen LogP contribution >= 0.6 is 11.3 Å². The van der Waals surface area contributed by atoms with Gasteiger partial charge in [0.05, 0.1) is 29.7 Å². The molecule has 2 aromatic rings. The van der Waals surface area contributed by atoms with Crippen LogP contribution in [0.15, 0.2) is 12.4 Å². The molecule has 0 saturated heterocycles. The topological polar surface area (TPSA) is 70.2 Å². The van der Waals surface area contributed by atoms with Crippen molar-refractivity contribution in [3.05, 3.63) is 17.3 Å². The van der Waals surface area contributed by atoms with Crippen molar-refractivity contribution in [1.82, 2.24) is 15.5 Å². The molecule has 110 valence electrons. The Hall–Kier alpha value is -2.02. The van der Waals surface area contributed by atoms with Crippen molar-refractivity contribution in [3.63, 3.8) is 0 Å². The maximum atomic E-state index is 12.2. The van der Waals surface area contributed by atoms with Gasteiger partial charge in [-0.15, -0.1) is 11.3 Å². The maximum absolute atomic E-state index is 12.2. The number of ether oxygens (including phenoxy) is 1. The number of hydrogen-bond donors (Lipinski definition) is 2. The summed E-state index contributed by atoms with van der Waals surface area (Å²) in [6, 6.07) is 0. The van der Waals surface area contributed by atoms with E-state index in [1.807, 2.05) is 20.0 Å². The molecular weight excluding hydrogens is 288 g/mol. The molecule has 0 aromatic carbocycles. The largest absolute Gasteiger partial charge is 0.488 e. The molecule has 2 aliphatic heterocycles. The first-order chi connectivity index (χ1) is 10.1. The van der Waals surface area contributed by atoms with E-state index in [2.05, 4.69) is 20.4 Å². The van der Waals surface area contributed by atoms with Crippen LogP contribution in [-0.4, -0.2) is 34.9 Å². The molecule has 1 amide bonds. The standard InChI is InChI=1S/C14H16N4O2S/c1-14(2)17-10(19)5-9-11-12(20-4-3-18(11)14)13(21-9)8-6-15-16-7-8/h6-7H,3-5H2,1-2H3,(H,15,16)(H,17,19). The van der Waals surface area contributed by atoms with E-state index in [4.69, 9.17) is 4.74 Å². The smallest absolute Gasteiger partial charge is 0.227 e. The second-order valence-corrected chi connectivity index (χ2v) is 6.91. The summed E-state index contributed by atoms with van der Waals surface area (Å²) in [5, 5.41) is 9.93. The van der Waals surface area contributed by atoms with Gasteiger partial charge in [0, 0.05) is 16.6 Å². The van der Waals surface area contributed by atoms with Crippen LogP contribution in [0.5, 0.6) is 5.75 Å². The minimum atomic E-state index is -0.407. The SMILES string of the molecule is CC1(C)NC(=O)Cc2sc(-c3cn[nH]c3)c3c2N1CCO3. The van der Waals surface area contributed by atoms with Gasteiger partial charge in [-0.2, -0.15) is 5.10 Å². The molecule has 2 aliphatic rings. The zero-order valence-electron chi connectivity index (χ0n) is 11.9. The predicted molar refractivity (Wildman–Crippen MR) is 80.7 cm³/mol. The number of aromatic nitrogens is 2. The summed E-state index contributed by atoms with van der Waals surface area (Å²) in [6.45, 7) is 5.46. The quantitative estimate of drug-likeness (QED) is 0.842. The van der Waals surface area contributed by atoms with Crippen LogP contribution in [0, 0.1) is 0 Å². The molecule has 2 N–H and O–H groups in total. The van der Waals surface area contributed by atoms with Crippen LogP contribution in [0.1, 0.15) is 18.7 Å². The number of aromatic amines is 1. The number of thiophene rings is 1. The molecule has 4 heterocycles. The molecule has 0 bridgehead atoms. The third-order valence-electron chi connectivity index (χ3n) is 3.94. The molecule has 0 radical (unpaired) electrons. The Labute approximate surface area is 126 Å². The predicted octanol–water partition coefficient (Wildman–Crippen LogP) is 1.75. The van der Waals surface area contributed by atoms with E-state index in [-0.39, 0.29) is 5.91 Å². The van der Waals surface area contributed by atoms with E-state index in [1.165, 1.54) is 0 Å². The Kier molecular flexibility index (Phi) is 2.56. The van der Waals surface area contributed by atoms with Crippen molar-refractivity contribution in [3.8, 4) is 16.2 Å². The zero-order chi connectivity index (χ0) is 14.6. The summed E-state index contributed by atoms with van der Waals surface area (Å²) in [6.07, 6.45) is 4.04. The van der Waals surface area contributed by atoms with E-state index >= 15 is 0 Å². The monoisotopic (exact) mass is 304 g/mol. The molecule has 0 unspecified atom stereocenters. The summed E-state index contributed by atoms with van der Waals surface area (Å²) >= 11 is 1.62. The molecule has 0 fully saturated rings. The van der Waals surface area contributed by atoms with Crippen molar-refractivity contribution in [1.29, 1.82) is 0 Å². The molecular formula is C14H16N4O2S. The van der Waals surface area contributed by atoms with Crippen LogP contribution in [0.2, 0.25) is 0 Å². The van der Waals surface area contributed by atoms with Gasteiger partial charge in [-0.25, -0.2) is 0 Å². The summed E-state index contributed by atoms with van der Waals surface area (Å²) in [5.41, 5.74) is 1.66. The second-order valence-electron chi connectivity index (χ2n) is 5.80. The van der Waals surface area contributed by atoms with E-state index in [0.29, 0.717) is 13.0 Å². The number of hydrogen-bond acceptors (Lipinski definition) is 5. The number of anilines is 1. The maximum Gasteiger partial charge on any atom is 0.227 e. The molecule has 4 rings (SSSR count). The molecule has 0 aliphatic carbocycles. The van der Waals surface area contributed by atoms with Crippen LogP contribution in [-0.2, 0) is 11.2 Å². The summed E-state index contributed by atoms with van der Waals surface area (Å²) < 4.78 is 5.94. The average molecular weight is 304 g/mol. The van der Waals surface area contributed by atoms with Gasteiger partial charge < -0.3 is 15.0 Å². The Morgan fingerprint density at radius 2 is 2.33 bits per heavy atom. The fourth-order valence-electron chi connectivity index (χ4n) is 3.05. The van der Waals surface area contributed by atoms with E-state index in [0.717, 1.165) is 33.3 Å². The third kappa shape index (κ3) is 1.84. The summed E-state index contributed by atoms with van der Waals surface area (Å²) in [7, 11) is 0. The summed E-state index contributed by atoms with van der Waals surface area (Å²) in [4.78, 5) is 16.5. The highest BCUT2D eigenvalue weighted by molar-refractivity contribution is 7.16. The minimum absolute atomic E-state index is 0.0530. The van der Waals surface area contributed by atoms with Gasteiger partial charge >= 0.3 is 0 Å². The van der Waals surface area contributed by atoms with Gasteiger partial charge in [0.15, 0.2) is 5.75 Å². The number of carbonyl (C=O) groups excluding carboxylic acids is 1. The third-order valence-corrected chi connectivity index (χ3v) is 5.15. The van der Waals surface area contributed by atoms with Crippen LogP contribution in [0.25, 0.3) is 10.4 Å². The van der Waals surface area contributed by atoms with E-state index < -0.39 is 5.66 Å². The lowest BCUT2D eigenvalue weighted by Gasteiger charge is -2.41. The highest BCUT2D eigenvalue weighted by Crippen LogP contribution is 2.51. The van der Waals surface area contributed by atoms with E-state index in [1.54, 1.807) is 17.5 Å². The van der Waals surface area contributed by atoms with Gasteiger partial charge in [0.2, 0.25) is 5.91 Å². The first kappa shape index (κ1) is 12.7. The Morgan fingerprint density at radius 3 is 3.10 bits per heavy atom. The number of rotatable bonds is 1. The van der Waals surface area contributed by atoms with Crippen molar-refractivity contribution in [2.75, 3.05) is 18.1 Å². The first-order valence-electron chi connectivity index (χ1n) is 6.92. The minimum Gasteiger partial charge on any atom is -0.488 e. The summed E-state index contributed by atoms with van der Waals surface area (Å²) in [5.74, 6) is 0.935. The van der Waals surface area contributed by atoms with Gasteiger partial charge in [0.25, 0.3) is 0 Å². The van der Waals surface area contributed by atoms with Crippen molar-refractivity contribution < 1.29 is 9.53 Å². The Morgan fingerprint density at radius 1 is 1.48 bits per heavy atom. The lowest BCUT2D eigenvalue weighted by Crippen LogP contribution is -2.57. The molecule has 0 atom stereocenters. The lowest BCUT2D eigenvalue weighted by molar-refractivity contribution is -0.121. The van der Waals surface area contributed by atoms with Crippen molar-refractivity contribution in [2.45, 2.75) is 25.9 Å². The fourth-order valence-corrected chi connectivity index (χ4v) is 4.28. The van der Waals surface area contributed by atoms with Crippen LogP contribution in [0.3, 0.4) is 0 Å². The number of carbonyl (C=O) groups is 1. The Bertz CT molecular complexity index is 705. The van der Waals surface area contributed by atoms with Crippen molar-refractivity contribution >= 4 is 22.9 Å². The fraction of sp³-hybridized carbons (Fsp3) is 0.429. The van der Waals surface area contributed by atoms with Gasteiger partial charge in [-0.05, 0) is 13.8 Å². The molecule has 0 spiro atoms.